The van der Waals surface area contributed by atoms with E-state index >= 15 is 0 Å². The first-order valence-electron chi connectivity index (χ1n) is 0. The fourth-order valence-corrected chi connectivity index (χ4v) is 0. The number of hydrogen-bond donors (Lipinski definition) is 0. The van der Waals surface area contributed by atoms with Crippen molar-refractivity contribution in [1.29, 1.82) is 0 Å². The van der Waals surface area contributed by atoms with Crippen molar-refractivity contribution >= 4 is 0 Å². The SMILES string of the molecule is O.O.O.O.O.O.[Nd+3].[Nd+3].[O-2].[O-2].[O-2]. The third-order valence-electron chi connectivity index (χ3n) is 0. The van der Waals surface area contributed by atoms with E-state index in [9.17, 15) is 0 Å². The van der Waals surface area contributed by atoms with Crippen LogP contribution in [0, 0.1) is 81.7 Å². The Hall–Kier alpha value is 2.34. The molecule has 11 heteroatoms. The molecule has 0 saturated heterocycles. The van der Waals surface area contributed by atoms with Crippen molar-refractivity contribution in [3.05, 3.63) is 0 Å². The quantitative estimate of drug-likeness (QED) is 0.338. The third-order valence-corrected chi connectivity index (χ3v) is 0. The molecule has 0 fully saturated rings. The van der Waals surface area contributed by atoms with Gasteiger partial charge in [-0.3, -0.25) is 0 Å². The summed E-state index contributed by atoms with van der Waals surface area (Å²) in [5, 5.41) is 0. The zero-order valence-electron chi connectivity index (χ0n) is 5.22. The smallest absolute Gasteiger partial charge is 2.00 e. The summed E-state index contributed by atoms with van der Waals surface area (Å²) < 4.78 is 0. The molecule has 0 heterocycles. The van der Waals surface area contributed by atoms with Gasteiger partial charge in [0.2, 0.25) is 0 Å². The first kappa shape index (κ1) is 371. The van der Waals surface area contributed by atoms with E-state index in [1.54, 1.807) is 0 Å². The summed E-state index contributed by atoms with van der Waals surface area (Å²) in [6, 6.07) is 0. The van der Waals surface area contributed by atoms with Gasteiger partial charge in [-0.1, -0.05) is 0 Å². The Bertz CT molecular complexity index is 7.52. The van der Waals surface area contributed by atoms with Gasteiger partial charge in [0.15, 0.2) is 0 Å². The average Bonchev–Trinajstić information content (AvgIpc) is 0. The molecular weight excluding hydrogens is 432 g/mol. The van der Waals surface area contributed by atoms with Crippen LogP contribution in [-0.4, -0.2) is 32.9 Å². The fourth-order valence-electron chi connectivity index (χ4n) is 0. The molecule has 12 N–H and O–H groups in total. The molecule has 0 aromatic heterocycles. The molecule has 0 amide bonds. The fraction of sp³-hybridized carbons (Fsp3) is 0. The Morgan fingerprint density at radius 1 is 0.273 bits per heavy atom. The van der Waals surface area contributed by atoms with Crippen LogP contribution in [0.3, 0.4) is 0 Å². The van der Waals surface area contributed by atoms with Gasteiger partial charge in [0.05, 0.1) is 0 Å². The molecule has 0 spiro atoms. The van der Waals surface area contributed by atoms with Crippen molar-refractivity contribution in [2.24, 2.45) is 0 Å². The molecule has 9 nitrogen and oxygen atoms in total. The molecule has 74 valence electrons. The van der Waals surface area contributed by atoms with Crippen molar-refractivity contribution in [3.8, 4) is 0 Å². The Kier molecular flexibility index (Phi) is 9760. The molecular formula is H12Nd2O9. The van der Waals surface area contributed by atoms with Crippen LogP contribution in [0.5, 0.6) is 0 Å². The zero-order valence-corrected chi connectivity index (χ0v) is 11.6. The van der Waals surface area contributed by atoms with Crippen LogP contribution >= 0.6 is 0 Å². The van der Waals surface area contributed by atoms with Gasteiger partial charge in [-0.25, -0.2) is 0 Å². The van der Waals surface area contributed by atoms with Crippen molar-refractivity contribution in [2.45, 2.75) is 0 Å². The molecule has 0 atom stereocenters. The Morgan fingerprint density at radius 2 is 0.273 bits per heavy atom. The average molecular weight is 445 g/mol. The molecule has 0 aliphatic carbocycles. The first-order chi connectivity index (χ1) is 0. The predicted octanol–water partition coefficient (Wildman–Crippen LogP) is -5.30. The minimum Gasteiger partial charge on any atom is -2.00 e. The molecule has 0 aliphatic rings. The standard InChI is InChI=1S/2Nd.6H2O.3O/h;;6*1H2;;;/q2*+3;;;;;;;3*-2. The van der Waals surface area contributed by atoms with Gasteiger partial charge < -0.3 is 49.3 Å². The first-order valence-corrected chi connectivity index (χ1v) is 0. The van der Waals surface area contributed by atoms with Crippen molar-refractivity contribution < 1.29 is 131 Å². The van der Waals surface area contributed by atoms with Crippen LogP contribution in [0.15, 0.2) is 0 Å². The summed E-state index contributed by atoms with van der Waals surface area (Å²) in [5.74, 6) is 0. The number of rotatable bonds is 0. The maximum atomic E-state index is 0. The van der Waals surface area contributed by atoms with E-state index in [1.807, 2.05) is 0 Å². The second kappa shape index (κ2) is 290. The van der Waals surface area contributed by atoms with Crippen LogP contribution in [0.4, 0.5) is 0 Å². The van der Waals surface area contributed by atoms with Gasteiger partial charge in [-0.05, 0) is 0 Å². The van der Waals surface area contributed by atoms with E-state index in [1.165, 1.54) is 0 Å². The summed E-state index contributed by atoms with van der Waals surface area (Å²) in [4.78, 5) is 0. The number of hydrogen-bond acceptors (Lipinski definition) is 0. The van der Waals surface area contributed by atoms with Crippen LogP contribution in [-0.2, 0) is 16.4 Å². The van der Waals surface area contributed by atoms with Crippen LogP contribution in [0.25, 0.3) is 0 Å². The maximum Gasteiger partial charge on any atom is 3.00 e. The van der Waals surface area contributed by atoms with Gasteiger partial charge >= 0.3 is 81.7 Å². The van der Waals surface area contributed by atoms with Gasteiger partial charge in [0.1, 0.15) is 0 Å². The van der Waals surface area contributed by atoms with E-state index in [0.717, 1.165) is 0 Å². The molecule has 0 aromatic rings. The zero-order chi connectivity index (χ0) is 0. The minimum atomic E-state index is 0. The molecule has 0 bridgehead atoms. The van der Waals surface area contributed by atoms with E-state index in [-0.39, 0.29) is 131 Å². The molecule has 0 unspecified atom stereocenters. The second-order valence-electron chi connectivity index (χ2n) is 0. The topological polar surface area (TPSA) is 274 Å². The largest absolute Gasteiger partial charge is 3.00 e. The molecule has 11 heavy (non-hydrogen) atoms. The van der Waals surface area contributed by atoms with E-state index in [0.29, 0.717) is 0 Å². The third kappa shape index (κ3) is 241. The maximum absolute atomic E-state index is 0. The van der Waals surface area contributed by atoms with Crippen molar-refractivity contribution in [2.75, 3.05) is 0 Å². The predicted molar refractivity (Wildman–Crippen MR) is 23.7 cm³/mol. The van der Waals surface area contributed by atoms with Gasteiger partial charge in [-0.2, -0.15) is 0 Å². The second-order valence-corrected chi connectivity index (χ2v) is 0. The summed E-state index contributed by atoms with van der Waals surface area (Å²) >= 11 is 0. The van der Waals surface area contributed by atoms with Crippen molar-refractivity contribution in [3.63, 3.8) is 0 Å². The minimum absolute atomic E-state index is 0. The Labute approximate surface area is 129 Å². The molecule has 0 aromatic carbocycles. The van der Waals surface area contributed by atoms with E-state index in [4.69, 9.17) is 0 Å². The molecule has 0 rings (SSSR count). The van der Waals surface area contributed by atoms with Crippen molar-refractivity contribution in [1.82, 2.24) is 0 Å². The Balaban J connectivity index is 0. The summed E-state index contributed by atoms with van der Waals surface area (Å²) in [7, 11) is 0. The summed E-state index contributed by atoms with van der Waals surface area (Å²) in [6.07, 6.45) is 0. The van der Waals surface area contributed by atoms with Crippen LogP contribution in [0.2, 0.25) is 0 Å². The van der Waals surface area contributed by atoms with Crippen LogP contribution < -0.4 is 0 Å². The normalized spacial score (nSPS) is 0. The van der Waals surface area contributed by atoms with E-state index in [2.05, 4.69) is 0 Å². The van der Waals surface area contributed by atoms with Gasteiger partial charge in [-0.15, -0.1) is 0 Å². The van der Waals surface area contributed by atoms with Gasteiger partial charge in [0, 0.05) is 0 Å². The Morgan fingerprint density at radius 3 is 0.273 bits per heavy atom. The van der Waals surface area contributed by atoms with Gasteiger partial charge in [0.25, 0.3) is 0 Å². The molecule has 0 saturated carbocycles. The van der Waals surface area contributed by atoms with E-state index < -0.39 is 0 Å². The van der Waals surface area contributed by atoms with Crippen LogP contribution in [0.1, 0.15) is 0 Å². The summed E-state index contributed by atoms with van der Waals surface area (Å²) in [5.41, 5.74) is 0. The summed E-state index contributed by atoms with van der Waals surface area (Å²) in [6.45, 7) is 0. The monoisotopic (exact) mass is 440 g/mol. The molecule has 0 aliphatic heterocycles. The molecule has 2 radical (unpaired) electrons.